The summed E-state index contributed by atoms with van der Waals surface area (Å²) in [6.07, 6.45) is 5.62. The molecule has 0 aliphatic heterocycles. The molecular weight excluding hydrogens is 268 g/mol. The summed E-state index contributed by atoms with van der Waals surface area (Å²) in [6, 6.07) is 0. The van der Waals surface area contributed by atoms with Crippen molar-refractivity contribution >= 4 is 11.9 Å². The van der Waals surface area contributed by atoms with Crippen LogP contribution in [0.1, 0.15) is 59.8 Å². The van der Waals surface area contributed by atoms with Crippen molar-refractivity contribution in [2.75, 3.05) is 6.61 Å². The molecule has 0 amide bonds. The lowest BCUT2D eigenvalue weighted by atomic mass is 9.62. The molecule has 5 atom stereocenters. The number of rotatable bonds is 4. The smallest absolute Gasteiger partial charge is 0.302 e. The predicted molar refractivity (Wildman–Crippen MR) is 79.5 cm³/mol. The van der Waals surface area contributed by atoms with E-state index in [4.69, 9.17) is 9.47 Å². The van der Waals surface area contributed by atoms with Gasteiger partial charge in [-0.15, -0.1) is 0 Å². The molecule has 0 N–H and O–H groups in total. The van der Waals surface area contributed by atoms with E-state index in [-0.39, 0.29) is 23.5 Å². The lowest BCUT2D eigenvalue weighted by Gasteiger charge is -2.46. The molecule has 0 radical (unpaired) electrons. The third-order valence-electron chi connectivity index (χ3n) is 5.69. The summed E-state index contributed by atoms with van der Waals surface area (Å²) >= 11 is 0. The van der Waals surface area contributed by atoms with Crippen LogP contribution in [0.25, 0.3) is 0 Å². The fourth-order valence-corrected chi connectivity index (χ4v) is 4.81. The maximum Gasteiger partial charge on any atom is 0.302 e. The molecule has 0 bridgehead atoms. The Kier molecular flexibility index (Phi) is 4.95. The number of carbonyl (C=O) groups excluding carboxylic acids is 2. The van der Waals surface area contributed by atoms with E-state index in [9.17, 15) is 9.59 Å². The molecule has 1 unspecified atom stereocenters. The molecule has 0 saturated heterocycles. The first-order valence-electron chi connectivity index (χ1n) is 8.15. The van der Waals surface area contributed by atoms with Gasteiger partial charge in [0.25, 0.3) is 0 Å². The minimum absolute atomic E-state index is 0.0761. The van der Waals surface area contributed by atoms with Gasteiger partial charge in [0.15, 0.2) is 0 Å². The molecule has 0 aromatic rings. The van der Waals surface area contributed by atoms with Crippen molar-refractivity contribution in [1.29, 1.82) is 0 Å². The first-order chi connectivity index (χ1) is 9.84. The lowest BCUT2D eigenvalue weighted by Crippen LogP contribution is -2.43. The Morgan fingerprint density at radius 1 is 1.19 bits per heavy atom. The van der Waals surface area contributed by atoms with Crippen molar-refractivity contribution in [2.24, 2.45) is 23.2 Å². The average Bonchev–Trinajstić information content (AvgIpc) is 2.73. The molecule has 2 rings (SSSR count). The first kappa shape index (κ1) is 16.3. The van der Waals surface area contributed by atoms with Crippen LogP contribution < -0.4 is 0 Å². The highest BCUT2D eigenvalue weighted by Crippen LogP contribution is 2.58. The quantitative estimate of drug-likeness (QED) is 0.747. The van der Waals surface area contributed by atoms with Crippen LogP contribution in [0.15, 0.2) is 0 Å². The molecule has 2 aliphatic carbocycles. The summed E-state index contributed by atoms with van der Waals surface area (Å²) in [5.41, 5.74) is 0.206. The van der Waals surface area contributed by atoms with Gasteiger partial charge in [0.1, 0.15) is 6.10 Å². The number of fused-ring (bicyclic) bond motifs is 1. The summed E-state index contributed by atoms with van der Waals surface area (Å²) in [4.78, 5) is 22.3. The topological polar surface area (TPSA) is 52.6 Å². The van der Waals surface area contributed by atoms with E-state index in [0.29, 0.717) is 24.4 Å². The van der Waals surface area contributed by atoms with E-state index in [1.807, 2.05) is 0 Å². The van der Waals surface area contributed by atoms with Gasteiger partial charge in [-0.05, 0) is 49.4 Å². The molecule has 2 fully saturated rings. The minimum Gasteiger partial charge on any atom is -0.466 e. The number of hydrogen-bond donors (Lipinski definition) is 0. The van der Waals surface area contributed by atoms with Gasteiger partial charge in [-0.3, -0.25) is 9.59 Å². The van der Waals surface area contributed by atoms with Gasteiger partial charge < -0.3 is 9.47 Å². The van der Waals surface area contributed by atoms with Crippen LogP contribution in [0.4, 0.5) is 0 Å². The Labute approximate surface area is 127 Å². The lowest BCUT2D eigenvalue weighted by molar-refractivity contribution is -0.156. The number of hydrogen-bond acceptors (Lipinski definition) is 4. The molecule has 0 heterocycles. The number of ether oxygens (including phenoxy) is 2. The van der Waals surface area contributed by atoms with Crippen LogP contribution in [-0.4, -0.2) is 24.6 Å². The highest BCUT2D eigenvalue weighted by molar-refractivity contribution is 5.66. The van der Waals surface area contributed by atoms with Crippen LogP contribution >= 0.6 is 0 Å². The van der Waals surface area contributed by atoms with E-state index in [0.717, 1.165) is 25.7 Å². The largest absolute Gasteiger partial charge is 0.466 e. The number of carbonyl (C=O) groups is 2. The molecule has 120 valence electrons. The van der Waals surface area contributed by atoms with Crippen molar-refractivity contribution < 1.29 is 19.1 Å². The zero-order valence-corrected chi connectivity index (χ0v) is 13.7. The van der Waals surface area contributed by atoms with E-state index in [1.54, 1.807) is 0 Å². The Hall–Kier alpha value is -1.06. The molecule has 4 nitrogen and oxygen atoms in total. The highest BCUT2D eigenvalue weighted by atomic mass is 16.5. The third kappa shape index (κ3) is 3.41. The zero-order chi connectivity index (χ0) is 15.6. The van der Waals surface area contributed by atoms with Gasteiger partial charge in [-0.2, -0.15) is 0 Å². The summed E-state index contributed by atoms with van der Waals surface area (Å²) in [5.74, 6) is 0.990. The van der Waals surface area contributed by atoms with E-state index < -0.39 is 0 Å². The molecule has 4 heteroatoms. The van der Waals surface area contributed by atoms with Crippen molar-refractivity contribution in [3.8, 4) is 0 Å². The maximum atomic E-state index is 11.3. The van der Waals surface area contributed by atoms with Crippen LogP contribution in [-0.2, 0) is 19.1 Å². The third-order valence-corrected chi connectivity index (χ3v) is 5.69. The normalized spacial score (nSPS) is 36.7. The molecule has 0 spiro atoms. The monoisotopic (exact) mass is 296 g/mol. The fourth-order valence-electron chi connectivity index (χ4n) is 4.81. The minimum atomic E-state index is -0.206. The van der Waals surface area contributed by atoms with Gasteiger partial charge in [0.05, 0.1) is 6.61 Å². The SMILES string of the molecule is CC(=O)OCC(C)[C@H]1CC[C@@H]2[C@H](OC(C)=O)CCC[C@@]12C. The van der Waals surface area contributed by atoms with Gasteiger partial charge in [-0.1, -0.05) is 13.8 Å². The Morgan fingerprint density at radius 2 is 1.90 bits per heavy atom. The summed E-state index contributed by atoms with van der Waals surface area (Å²) < 4.78 is 10.8. The Morgan fingerprint density at radius 3 is 2.52 bits per heavy atom. The molecule has 0 aromatic carbocycles. The zero-order valence-electron chi connectivity index (χ0n) is 13.7. The van der Waals surface area contributed by atoms with Gasteiger partial charge in [0.2, 0.25) is 0 Å². The first-order valence-corrected chi connectivity index (χ1v) is 8.15. The van der Waals surface area contributed by atoms with Gasteiger partial charge >= 0.3 is 11.9 Å². The standard InChI is InChI=1S/C17H28O4/c1-11(10-20-12(2)18)14-7-8-15-16(21-13(3)19)6-5-9-17(14,15)4/h11,14-16H,5-10H2,1-4H3/t11?,14-,15-,16-,17+/m1/s1. The van der Waals surface area contributed by atoms with Crippen LogP contribution in [0.5, 0.6) is 0 Å². The maximum absolute atomic E-state index is 11.3. The summed E-state index contributed by atoms with van der Waals surface area (Å²) in [5, 5.41) is 0. The van der Waals surface area contributed by atoms with Crippen LogP contribution in [0, 0.1) is 23.2 Å². The predicted octanol–water partition coefficient (Wildman–Crippen LogP) is 3.33. The highest BCUT2D eigenvalue weighted by Gasteiger charge is 2.53. The fraction of sp³-hybridized carbons (Fsp3) is 0.882. The molecule has 2 aliphatic rings. The second kappa shape index (κ2) is 6.37. The van der Waals surface area contributed by atoms with Crippen LogP contribution in [0.2, 0.25) is 0 Å². The summed E-state index contributed by atoms with van der Waals surface area (Å²) in [6.45, 7) is 7.98. The molecular formula is C17H28O4. The average molecular weight is 296 g/mol. The summed E-state index contributed by atoms with van der Waals surface area (Å²) in [7, 11) is 0. The second-order valence-electron chi connectivity index (χ2n) is 7.12. The van der Waals surface area contributed by atoms with Crippen molar-refractivity contribution in [1.82, 2.24) is 0 Å². The van der Waals surface area contributed by atoms with E-state index in [2.05, 4.69) is 13.8 Å². The van der Waals surface area contributed by atoms with Crippen molar-refractivity contribution in [3.63, 3.8) is 0 Å². The molecule has 21 heavy (non-hydrogen) atoms. The van der Waals surface area contributed by atoms with E-state index >= 15 is 0 Å². The van der Waals surface area contributed by atoms with Crippen LogP contribution in [0.3, 0.4) is 0 Å². The Balaban J connectivity index is 2.06. The van der Waals surface area contributed by atoms with Gasteiger partial charge in [-0.25, -0.2) is 0 Å². The number of esters is 2. The second-order valence-corrected chi connectivity index (χ2v) is 7.12. The van der Waals surface area contributed by atoms with Gasteiger partial charge in [0, 0.05) is 19.8 Å². The molecule has 0 aromatic heterocycles. The molecule has 2 saturated carbocycles. The van der Waals surface area contributed by atoms with E-state index in [1.165, 1.54) is 20.3 Å². The van der Waals surface area contributed by atoms with Crippen molar-refractivity contribution in [2.45, 2.75) is 65.9 Å². The van der Waals surface area contributed by atoms with Crippen molar-refractivity contribution in [3.05, 3.63) is 0 Å². The Bertz CT molecular complexity index is 406.